The van der Waals surface area contributed by atoms with Crippen molar-refractivity contribution in [2.45, 2.75) is 4.90 Å². The van der Waals surface area contributed by atoms with E-state index in [-0.39, 0.29) is 41.3 Å². The van der Waals surface area contributed by atoms with Crippen molar-refractivity contribution in [1.82, 2.24) is 15.3 Å². The SMILES string of the molecule is CN1c2nccc(n2)OCCNC(=O)c2cccc(c2)S1(=O)=O. The maximum Gasteiger partial charge on any atom is 0.266 e. The van der Waals surface area contributed by atoms with Gasteiger partial charge in [-0.1, -0.05) is 6.07 Å². The molecular weight excluding hydrogens is 320 g/mol. The second-order valence-electron chi connectivity index (χ2n) is 4.80. The van der Waals surface area contributed by atoms with Gasteiger partial charge in [0.1, 0.15) is 6.61 Å². The molecule has 2 aromatic rings. The molecule has 9 heteroatoms. The molecule has 23 heavy (non-hydrogen) atoms. The third kappa shape index (κ3) is 2.95. The fourth-order valence-corrected chi connectivity index (χ4v) is 3.20. The van der Waals surface area contributed by atoms with Crippen LogP contribution in [0.25, 0.3) is 0 Å². The van der Waals surface area contributed by atoms with Crippen molar-refractivity contribution >= 4 is 21.9 Å². The van der Waals surface area contributed by atoms with Crippen molar-refractivity contribution in [2.24, 2.45) is 0 Å². The summed E-state index contributed by atoms with van der Waals surface area (Å²) in [7, 11) is -2.54. The van der Waals surface area contributed by atoms with Gasteiger partial charge in [0.15, 0.2) is 0 Å². The van der Waals surface area contributed by atoms with Crippen molar-refractivity contribution < 1.29 is 17.9 Å². The van der Waals surface area contributed by atoms with Gasteiger partial charge >= 0.3 is 0 Å². The van der Waals surface area contributed by atoms with E-state index in [0.717, 1.165) is 4.31 Å². The molecule has 1 aliphatic heterocycles. The summed E-state index contributed by atoms with van der Waals surface area (Å²) < 4.78 is 31.7. The standard InChI is InChI=1S/C14H14N4O4S/c1-18-14-16-6-5-12(17-14)22-8-7-15-13(19)10-3-2-4-11(9-10)23(18,20)21/h2-6,9H,7-8H2,1H3,(H,15,19). The summed E-state index contributed by atoms with van der Waals surface area (Å²) >= 11 is 0. The lowest BCUT2D eigenvalue weighted by molar-refractivity contribution is 0.0946. The molecule has 8 nitrogen and oxygen atoms in total. The van der Waals surface area contributed by atoms with E-state index in [2.05, 4.69) is 15.3 Å². The van der Waals surface area contributed by atoms with E-state index < -0.39 is 10.0 Å². The Morgan fingerprint density at radius 3 is 2.96 bits per heavy atom. The smallest absolute Gasteiger partial charge is 0.266 e. The van der Waals surface area contributed by atoms with Gasteiger partial charge in [-0.2, -0.15) is 4.98 Å². The number of rotatable bonds is 0. The summed E-state index contributed by atoms with van der Waals surface area (Å²) in [6, 6.07) is 7.33. The Morgan fingerprint density at radius 2 is 2.13 bits per heavy atom. The van der Waals surface area contributed by atoms with Gasteiger partial charge in [-0.15, -0.1) is 0 Å². The average Bonchev–Trinajstić information content (AvgIpc) is 2.57. The molecule has 2 heterocycles. The Kier molecular flexibility index (Phi) is 3.87. The number of carbonyl (C=O) groups excluding carboxylic acids is 1. The first-order chi connectivity index (χ1) is 11.0. The molecule has 0 fully saturated rings. The van der Waals surface area contributed by atoms with Crippen molar-refractivity contribution in [3.8, 4) is 5.88 Å². The third-order valence-corrected chi connectivity index (χ3v) is 5.03. The molecule has 0 atom stereocenters. The summed E-state index contributed by atoms with van der Waals surface area (Å²) in [6.45, 7) is 0.476. The first-order valence-electron chi connectivity index (χ1n) is 6.81. The number of ether oxygens (including phenoxy) is 1. The van der Waals surface area contributed by atoms with E-state index in [9.17, 15) is 13.2 Å². The zero-order chi connectivity index (χ0) is 16.4. The minimum absolute atomic E-state index is 0.00793. The molecule has 0 saturated heterocycles. The fourth-order valence-electron chi connectivity index (χ4n) is 2.05. The Bertz CT molecular complexity index is 853. The molecule has 1 amide bonds. The van der Waals surface area contributed by atoms with Gasteiger partial charge in [0, 0.05) is 24.9 Å². The lowest BCUT2D eigenvalue weighted by atomic mass is 10.2. The second-order valence-corrected chi connectivity index (χ2v) is 6.77. The molecule has 1 aromatic heterocycles. The van der Waals surface area contributed by atoms with Gasteiger partial charge < -0.3 is 10.1 Å². The molecule has 0 spiro atoms. The lowest BCUT2D eigenvalue weighted by Crippen LogP contribution is -2.29. The van der Waals surface area contributed by atoms with E-state index in [4.69, 9.17) is 4.74 Å². The fraction of sp³-hybridized carbons (Fsp3) is 0.214. The number of hydrogen-bond acceptors (Lipinski definition) is 6. The molecular formula is C14H14N4O4S. The van der Waals surface area contributed by atoms with E-state index in [0.29, 0.717) is 0 Å². The lowest BCUT2D eigenvalue weighted by Gasteiger charge is -2.17. The Morgan fingerprint density at radius 1 is 1.30 bits per heavy atom. The number of amides is 1. The highest BCUT2D eigenvalue weighted by Crippen LogP contribution is 2.21. The van der Waals surface area contributed by atoms with Crippen LogP contribution in [0.3, 0.4) is 0 Å². The van der Waals surface area contributed by atoms with Gasteiger partial charge in [-0.3, -0.25) is 4.79 Å². The zero-order valence-electron chi connectivity index (χ0n) is 12.3. The minimum Gasteiger partial charge on any atom is -0.476 e. The van der Waals surface area contributed by atoms with E-state index in [1.54, 1.807) is 6.07 Å². The van der Waals surface area contributed by atoms with Gasteiger partial charge in [0.2, 0.25) is 11.8 Å². The number of benzene rings is 1. The van der Waals surface area contributed by atoms with Gasteiger partial charge in [-0.05, 0) is 18.2 Å². The molecule has 1 aromatic carbocycles. The number of hydrogen-bond donors (Lipinski definition) is 1. The highest BCUT2D eigenvalue weighted by Gasteiger charge is 2.25. The Hall–Kier alpha value is -2.68. The molecule has 0 radical (unpaired) electrons. The van der Waals surface area contributed by atoms with Crippen LogP contribution in [0.1, 0.15) is 10.4 Å². The molecule has 120 valence electrons. The predicted molar refractivity (Wildman–Crippen MR) is 81.9 cm³/mol. The monoisotopic (exact) mass is 334 g/mol. The number of aromatic nitrogens is 2. The van der Waals surface area contributed by atoms with Crippen LogP contribution in [0.5, 0.6) is 5.88 Å². The average molecular weight is 334 g/mol. The molecule has 0 unspecified atom stereocenters. The maximum atomic E-state index is 12.7. The van der Waals surface area contributed by atoms with Crippen LogP contribution in [-0.2, 0) is 10.0 Å². The molecule has 0 aliphatic carbocycles. The number of anilines is 1. The number of fused-ring (bicyclic) bond motifs is 4. The van der Waals surface area contributed by atoms with Crippen molar-refractivity contribution in [1.29, 1.82) is 0 Å². The highest BCUT2D eigenvalue weighted by atomic mass is 32.2. The topological polar surface area (TPSA) is 101 Å². The third-order valence-electron chi connectivity index (χ3n) is 3.29. The molecule has 1 N–H and O–H groups in total. The summed E-state index contributed by atoms with van der Waals surface area (Å²) in [6.07, 6.45) is 1.42. The van der Waals surface area contributed by atoms with Gasteiger partial charge in [-0.25, -0.2) is 17.7 Å². The number of nitrogens with zero attached hydrogens (tertiary/aromatic N) is 3. The maximum absolute atomic E-state index is 12.7. The zero-order valence-corrected chi connectivity index (χ0v) is 13.1. The van der Waals surface area contributed by atoms with E-state index in [1.165, 1.54) is 37.5 Å². The van der Waals surface area contributed by atoms with E-state index in [1.807, 2.05) is 0 Å². The first-order valence-corrected chi connectivity index (χ1v) is 8.25. The highest BCUT2D eigenvalue weighted by molar-refractivity contribution is 7.92. The Balaban J connectivity index is 2.13. The van der Waals surface area contributed by atoms with Crippen LogP contribution >= 0.6 is 0 Å². The predicted octanol–water partition coefficient (Wildman–Crippen LogP) is 0.424. The van der Waals surface area contributed by atoms with Crippen LogP contribution in [0, 0.1) is 0 Å². The van der Waals surface area contributed by atoms with Crippen LogP contribution in [0.2, 0.25) is 0 Å². The van der Waals surface area contributed by atoms with Crippen LogP contribution in [0.4, 0.5) is 5.95 Å². The van der Waals surface area contributed by atoms with Crippen LogP contribution in [-0.4, -0.2) is 44.5 Å². The summed E-state index contributed by atoms with van der Waals surface area (Å²) in [5.41, 5.74) is 0.256. The van der Waals surface area contributed by atoms with Gasteiger partial charge in [0.25, 0.3) is 15.9 Å². The molecule has 3 rings (SSSR count). The van der Waals surface area contributed by atoms with E-state index >= 15 is 0 Å². The molecule has 4 bridgehead atoms. The van der Waals surface area contributed by atoms with Crippen LogP contribution < -0.4 is 14.4 Å². The van der Waals surface area contributed by atoms with Crippen LogP contribution in [0.15, 0.2) is 41.4 Å². The van der Waals surface area contributed by atoms with Crippen molar-refractivity contribution in [3.05, 3.63) is 42.1 Å². The number of carbonyl (C=O) groups is 1. The normalized spacial score (nSPS) is 17.1. The molecule has 1 aliphatic rings. The summed E-state index contributed by atoms with van der Waals surface area (Å²) in [4.78, 5) is 20.1. The number of sulfonamides is 1. The minimum atomic E-state index is -3.89. The summed E-state index contributed by atoms with van der Waals surface area (Å²) in [5, 5.41) is 2.66. The second kappa shape index (κ2) is 5.84. The first kappa shape index (κ1) is 15.2. The van der Waals surface area contributed by atoms with Crippen molar-refractivity contribution in [3.63, 3.8) is 0 Å². The molecule has 0 saturated carbocycles. The largest absolute Gasteiger partial charge is 0.476 e. The number of nitrogens with one attached hydrogen (secondary N) is 1. The Labute approximate surface area is 133 Å². The van der Waals surface area contributed by atoms with Crippen molar-refractivity contribution in [2.75, 3.05) is 24.5 Å². The van der Waals surface area contributed by atoms with Gasteiger partial charge in [0.05, 0.1) is 11.4 Å². The quantitative estimate of drug-likeness (QED) is 0.749. The summed E-state index contributed by atoms with van der Waals surface area (Å²) in [5.74, 6) is -0.144.